The van der Waals surface area contributed by atoms with Gasteiger partial charge in [-0.3, -0.25) is 9.52 Å². The van der Waals surface area contributed by atoms with Gasteiger partial charge >= 0.3 is 0 Å². The second-order valence-electron chi connectivity index (χ2n) is 5.76. The maximum Gasteiger partial charge on any atom is 0.275 e. The third kappa shape index (κ3) is 4.61. The van der Waals surface area contributed by atoms with Gasteiger partial charge < -0.3 is 10.1 Å². The van der Waals surface area contributed by atoms with E-state index in [9.17, 15) is 13.2 Å². The van der Waals surface area contributed by atoms with Crippen LogP contribution in [0.25, 0.3) is 0 Å². The van der Waals surface area contributed by atoms with Crippen molar-refractivity contribution in [1.82, 2.24) is 4.98 Å². The minimum atomic E-state index is -3.78. The summed E-state index contributed by atoms with van der Waals surface area (Å²) in [6.07, 6.45) is 0. The SMILES string of the molecule is COc1ccc(NC(=O)c2csc(NS(=O)(=O)c3ccc(C)cc3)n2)cc1Cl. The monoisotopic (exact) mass is 437 g/mol. The summed E-state index contributed by atoms with van der Waals surface area (Å²) in [7, 11) is -2.29. The van der Waals surface area contributed by atoms with Crippen LogP contribution in [-0.4, -0.2) is 26.4 Å². The van der Waals surface area contributed by atoms with E-state index < -0.39 is 15.9 Å². The van der Waals surface area contributed by atoms with E-state index in [0.29, 0.717) is 16.5 Å². The molecule has 0 atom stereocenters. The molecule has 10 heteroatoms. The Morgan fingerprint density at radius 1 is 1.18 bits per heavy atom. The van der Waals surface area contributed by atoms with Crippen LogP contribution in [0.5, 0.6) is 5.75 Å². The van der Waals surface area contributed by atoms with Crippen LogP contribution in [0.3, 0.4) is 0 Å². The molecular weight excluding hydrogens is 422 g/mol. The summed E-state index contributed by atoms with van der Waals surface area (Å²) >= 11 is 7.05. The number of aryl methyl sites for hydroxylation is 1. The first-order chi connectivity index (χ1) is 13.3. The van der Waals surface area contributed by atoms with Crippen LogP contribution >= 0.6 is 22.9 Å². The number of carbonyl (C=O) groups excluding carboxylic acids is 1. The molecule has 0 fully saturated rings. The summed E-state index contributed by atoms with van der Waals surface area (Å²) in [5.74, 6) is -0.000565. The van der Waals surface area contributed by atoms with Crippen LogP contribution in [0.1, 0.15) is 16.1 Å². The third-order valence-electron chi connectivity index (χ3n) is 3.70. The number of sulfonamides is 1. The lowest BCUT2D eigenvalue weighted by atomic mass is 10.2. The molecule has 0 unspecified atom stereocenters. The molecule has 0 saturated heterocycles. The Kier molecular flexibility index (Phi) is 5.87. The molecule has 146 valence electrons. The van der Waals surface area contributed by atoms with Gasteiger partial charge in [-0.2, -0.15) is 0 Å². The third-order valence-corrected chi connectivity index (χ3v) is 6.24. The van der Waals surface area contributed by atoms with Gasteiger partial charge in [0.05, 0.1) is 17.0 Å². The molecule has 0 aliphatic carbocycles. The van der Waals surface area contributed by atoms with E-state index in [1.807, 2.05) is 6.92 Å². The number of aromatic nitrogens is 1. The molecule has 1 amide bonds. The molecule has 1 heterocycles. The van der Waals surface area contributed by atoms with Crippen molar-refractivity contribution in [2.45, 2.75) is 11.8 Å². The van der Waals surface area contributed by atoms with Crippen LogP contribution in [0.2, 0.25) is 5.02 Å². The van der Waals surface area contributed by atoms with E-state index in [1.165, 1.54) is 24.6 Å². The molecule has 1 aromatic heterocycles. The Labute approximate surface area is 171 Å². The van der Waals surface area contributed by atoms with Crippen molar-refractivity contribution in [3.63, 3.8) is 0 Å². The molecule has 7 nitrogen and oxygen atoms in total. The molecule has 2 aromatic carbocycles. The molecule has 3 rings (SSSR count). The standard InChI is InChI=1S/C18H16ClN3O4S2/c1-11-3-6-13(7-4-11)28(24,25)22-18-21-15(10-27-18)17(23)20-12-5-8-16(26-2)14(19)9-12/h3-10H,1-2H3,(H,20,23)(H,21,22). The second-order valence-corrected chi connectivity index (χ2v) is 8.71. The maximum atomic E-state index is 12.4. The number of hydrogen-bond donors (Lipinski definition) is 2. The first-order valence-corrected chi connectivity index (χ1v) is 10.7. The molecule has 0 spiro atoms. The average molecular weight is 438 g/mol. The van der Waals surface area contributed by atoms with Crippen molar-refractivity contribution < 1.29 is 17.9 Å². The Morgan fingerprint density at radius 2 is 1.89 bits per heavy atom. The zero-order valence-corrected chi connectivity index (χ0v) is 17.3. The van der Waals surface area contributed by atoms with Gasteiger partial charge in [0.2, 0.25) is 0 Å². The molecule has 0 aliphatic heterocycles. The van der Waals surface area contributed by atoms with E-state index in [4.69, 9.17) is 16.3 Å². The van der Waals surface area contributed by atoms with E-state index in [1.54, 1.807) is 30.3 Å². The Balaban J connectivity index is 1.72. The highest BCUT2D eigenvalue weighted by molar-refractivity contribution is 7.93. The predicted molar refractivity (Wildman–Crippen MR) is 110 cm³/mol. The first-order valence-electron chi connectivity index (χ1n) is 7.98. The van der Waals surface area contributed by atoms with E-state index in [0.717, 1.165) is 16.9 Å². The Morgan fingerprint density at radius 3 is 2.54 bits per heavy atom. The highest BCUT2D eigenvalue weighted by Gasteiger charge is 2.18. The number of carbonyl (C=O) groups is 1. The summed E-state index contributed by atoms with van der Waals surface area (Å²) < 4.78 is 32.3. The van der Waals surface area contributed by atoms with Crippen LogP contribution in [0.4, 0.5) is 10.8 Å². The van der Waals surface area contributed by atoms with Gasteiger partial charge in [-0.25, -0.2) is 13.4 Å². The predicted octanol–water partition coefficient (Wildman–Crippen LogP) is 4.17. The zero-order valence-electron chi connectivity index (χ0n) is 14.9. The lowest BCUT2D eigenvalue weighted by Gasteiger charge is -2.07. The lowest BCUT2D eigenvalue weighted by Crippen LogP contribution is -2.14. The maximum absolute atomic E-state index is 12.4. The Hall–Kier alpha value is -2.62. The van der Waals surface area contributed by atoms with Gasteiger partial charge in [-0.15, -0.1) is 11.3 Å². The molecule has 3 aromatic rings. The second kappa shape index (κ2) is 8.17. The van der Waals surface area contributed by atoms with Gasteiger partial charge in [-0.1, -0.05) is 29.3 Å². The highest BCUT2D eigenvalue weighted by atomic mass is 35.5. The van der Waals surface area contributed by atoms with Crippen molar-refractivity contribution in [3.05, 3.63) is 64.1 Å². The first kappa shape index (κ1) is 20.1. The molecule has 0 bridgehead atoms. The smallest absolute Gasteiger partial charge is 0.275 e. The fourth-order valence-corrected chi connectivity index (χ4v) is 4.46. The van der Waals surface area contributed by atoms with Crippen molar-refractivity contribution in [2.24, 2.45) is 0 Å². The lowest BCUT2D eigenvalue weighted by molar-refractivity contribution is 0.102. The summed E-state index contributed by atoms with van der Waals surface area (Å²) in [6, 6.07) is 11.2. The van der Waals surface area contributed by atoms with Crippen LogP contribution in [0, 0.1) is 6.92 Å². The molecule has 2 N–H and O–H groups in total. The van der Waals surface area contributed by atoms with Gasteiger partial charge in [0.25, 0.3) is 15.9 Å². The number of amides is 1. The fraction of sp³-hybridized carbons (Fsp3) is 0.111. The number of anilines is 2. The number of hydrogen-bond acceptors (Lipinski definition) is 6. The molecule has 0 aliphatic rings. The number of halogens is 1. The van der Waals surface area contributed by atoms with Crippen molar-refractivity contribution in [1.29, 1.82) is 0 Å². The van der Waals surface area contributed by atoms with Gasteiger partial charge in [0, 0.05) is 11.1 Å². The average Bonchev–Trinajstić information content (AvgIpc) is 3.10. The summed E-state index contributed by atoms with van der Waals surface area (Å²) in [5.41, 5.74) is 1.50. The molecule has 0 radical (unpaired) electrons. The van der Waals surface area contributed by atoms with Crippen LogP contribution in [0.15, 0.2) is 52.7 Å². The van der Waals surface area contributed by atoms with Crippen molar-refractivity contribution in [3.8, 4) is 5.75 Å². The van der Waals surface area contributed by atoms with E-state index >= 15 is 0 Å². The zero-order chi connectivity index (χ0) is 20.3. The topological polar surface area (TPSA) is 97.4 Å². The van der Waals surface area contributed by atoms with Crippen molar-refractivity contribution in [2.75, 3.05) is 17.1 Å². The van der Waals surface area contributed by atoms with Gasteiger partial charge in [-0.05, 0) is 37.3 Å². The quantitative estimate of drug-likeness (QED) is 0.603. The number of thiazole rings is 1. The Bertz CT molecular complexity index is 1110. The normalized spacial score (nSPS) is 11.1. The number of benzene rings is 2. The molecule has 0 saturated carbocycles. The summed E-state index contributed by atoms with van der Waals surface area (Å²) in [5, 5.41) is 4.57. The summed E-state index contributed by atoms with van der Waals surface area (Å²) in [6.45, 7) is 1.87. The minimum Gasteiger partial charge on any atom is -0.495 e. The van der Waals surface area contributed by atoms with E-state index in [-0.39, 0.29) is 15.7 Å². The van der Waals surface area contributed by atoms with Gasteiger partial charge in [0.15, 0.2) is 5.13 Å². The summed E-state index contributed by atoms with van der Waals surface area (Å²) in [4.78, 5) is 16.5. The molecule has 28 heavy (non-hydrogen) atoms. The fourth-order valence-electron chi connectivity index (χ4n) is 2.26. The number of ether oxygens (including phenoxy) is 1. The number of nitrogens with zero attached hydrogens (tertiary/aromatic N) is 1. The largest absolute Gasteiger partial charge is 0.495 e. The number of rotatable bonds is 6. The minimum absolute atomic E-state index is 0.0820. The van der Waals surface area contributed by atoms with Gasteiger partial charge in [0.1, 0.15) is 11.4 Å². The molecular formula is C18H16ClN3O4S2. The van der Waals surface area contributed by atoms with Crippen LogP contribution < -0.4 is 14.8 Å². The van der Waals surface area contributed by atoms with E-state index in [2.05, 4.69) is 15.0 Å². The number of methoxy groups -OCH3 is 1. The van der Waals surface area contributed by atoms with Crippen LogP contribution in [-0.2, 0) is 10.0 Å². The highest BCUT2D eigenvalue weighted by Crippen LogP contribution is 2.28. The van der Waals surface area contributed by atoms with Crippen molar-refractivity contribution >= 4 is 49.7 Å². The number of nitrogens with one attached hydrogen (secondary N) is 2.